The normalized spacial score (nSPS) is 18.3. The van der Waals surface area contributed by atoms with Crippen LogP contribution in [0, 0.1) is 13.8 Å². The molecule has 0 saturated carbocycles. The van der Waals surface area contributed by atoms with E-state index in [1.807, 2.05) is 35.6 Å². The van der Waals surface area contributed by atoms with Gasteiger partial charge in [-0.2, -0.15) is 5.10 Å². The van der Waals surface area contributed by atoms with E-state index in [4.69, 9.17) is 0 Å². The van der Waals surface area contributed by atoms with Crippen molar-refractivity contribution in [1.29, 1.82) is 0 Å². The Kier molecular flexibility index (Phi) is 5.07. The minimum atomic E-state index is 0.273. The van der Waals surface area contributed by atoms with E-state index in [2.05, 4.69) is 24.9 Å². The van der Waals surface area contributed by atoms with Gasteiger partial charge >= 0.3 is 0 Å². The summed E-state index contributed by atoms with van der Waals surface area (Å²) in [6.45, 7) is 9.86. The Hall–Kier alpha value is -2.48. The van der Waals surface area contributed by atoms with Crippen molar-refractivity contribution in [3.8, 4) is 5.82 Å². The predicted molar refractivity (Wildman–Crippen MR) is 103 cm³/mol. The third-order valence-corrected chi connectivity index (χ3v) is 5.38. The van der Waals surface area contributed by atoms with E-state index in [-0.39, 0.29) is 5.91 Å². The SMILES string of the molecule is Cc1cc(C)n(-c2cc(N3CCN(CC(=O)N4CCCC4)CC3)ncn2)n1. The summed E-state index contributed by atoms with van der Waals surface area (Å²) in [6.07, 6.45) is 3.89. The van der Waals surface area contributed by atoms with E-state index in [9.17, 15) is 4.79 Å². The van der Waals surface area contributed by atoms with Gasteiger partial charge in [-0.25, -0.2) is 14.6 Å². The third-order valence-electron chi connectivity index (χ3n) is 5.38. The van der Waals surface area contributed by atoms with Crippen LogP contribution in [-0.4, -0.2) is 81.3 Å². The van der Waals surface area contributed by atoms with Gasteiger partial charge in [-0.15, -0.1) is 0 Å². The summed E-state index contributed by atoms with van der Waals surface area (Å²) >= 11 is 0. The highest BCUT2D eigenvalue weighted by molar-refractivity contribution is 5.78. The zero-order valence-electron chi connectivity index (χ0n) is 16.1. The highest BCUT2D eigenvalue weighted by atomic mass is 16.2. The fourth-order valence-electron chi connectivity index (χ4n) is 3.88. The van der Waals surface area contributed by atoms with Gasteiger partial charge in [0.05, 0.1) is 12.2 Å². The second-order valence-electron chi connectivity index (χ2n) is 7.42. The van der Waals surface area contributed by atoms with Crippen LogP contribution >= 0.6 is 0 Å². The number of hydrogen-bond donors (Lipinski definition) is 0. The molecule has 2 fully saturated rings. The first kappa shape index (κ1) is 17.9. The van der Waals surface area contributed by atoms with Gasteiger partial charge in [0.1, 0.15) is 12.1 Å². The molecule has 0 bridgehead atoms. The number of likely N-dealkylation sites (tertiary alicyclic amines) is 1. The first-order chi connectivity index (χ1) is 13.1. The number of rotatable bonds is 4. The minimum Gasteiger partial charge on any atom is -0.354 e. The van der Waals surface area contributed by atoms with E-state index >= 15 is 0 Å². The van der Waals surface area contributed by atoms with Crippen LogP contribution in [0.1, 0.15) is 24.2 Å². The second kappa shape index (κ2) is 7.64. The Labute approximate surface area is 159 Å². The average Bonchev–Trinajstić information content (AvgIpc) is 3.32. The molecule has 2 aliphatic rings. The van der Waals surface area contributed by atoms with Crippen molar-refractivity contribution < 1.29 is 4.79 Å². The molecule has 144 valence electrons. The molecule has 8 heteroatoms. The van der Waals surface area contributed by atoms with Gasteiger partial charge in [0.2, 0.25) is 5.91 Å². The molecule has 0 radical (unpaired) electrons. The Morgan fingerprint density at radius 3 is 2.33 bits per heavy atom. The van der Waals surface area contributed by atoms with Gasteiger partial charge in [0.25, 0.3) is 0 Å². The summed E-state index contributed by atoms with van der Waals surface area (Å²) in [4.78, 5) is 27.7. The van der Waals surface area contributed by atoms with E-state index in [1.54, 1.807) is 6.33 Å². The Morgan fingerprint density at radius 2 is 1.67 bits per heavy atom. The molecule has 0 aliphatic carbocycles. The van der Waals surface area contributed by atoms with Crippen LogP contribution in [0.3, 0.4) is 0 Å². The van der Waals surface area contributed by atoms with Crippen LogP contribution in [0.2, 0.25) is 0 Å². The number of carbonyl (C=O) groups excluding carboxylic acids is 1. The van der Waals surface area contributed by atoms with Crippen molar-refractivity contribution in [2.45, 2.75) is 26.7 Å². The maximum Gasteiger partial charge on any atom is 0.236 e. The molecule has 0 spiro atoms. The van der Waals surface area contributed by atoms with Gasteiger partial charge in [0.15, 0.2) is 5.82 Å². The first-order valence-electron chi connectivity index (χ1n) is 9.71. The van der Waals surface area contributed by atoms with E-state index in [0.717, 1.165) is 75.1 Å². The number of piperazine rings is 1. The summed E-state index contributed by atoms with van der Waals surface area (Å²) in [5.74, 6) is 1.98. The zero-order valence-corrected chi connectivity index (χ0v) is 16.1. The average molecular weight is 369 g/mol. The van der Waals surface area contributed by atoms with Crippen molar-refractivity contribution in [3.63, 3.8) is 0 Å². The molecule has 27 heavy (non-hydrogen) atoms. The predicted octanol–water partition coefficient (Wildman–Crippen LogP) is 1.02. The van der Waals surface area contributed by atoms with Crippen LogP contribution in [0.25, 0.3) is 5.82 Å². The number of nitrogens with zero attached hydrogens (tertiary/aromatic N) is 7. The molecule has 0 N–H and O–H groups in total. The van der Waals surface area contributed by atoms with Gasteiger partial charge in [-0.1, -0.05) is 0 Å². The molecule has 2 aromatic heterocycles. The van der Waals surface area contributed by atoms with Gasteiger partial charge in [-0.3, -0.25) is 9.69 Å². The quantitative estimate of drug-likeness (QED) is 0.802. The summed E-state index contributed by atoms with van der Waals surface area (Å²) < 4.78 is 1.85. The number of aryl methyl sites for hydroxylation is 2. The highest BCUT2D eigenvalue weighted by Crippen LogP contribution is 2.17. The first-order valence-corrected chi connectivity index (χ1v) is 9.71. The summed E-state index contributed by atoms with van der Waals surface area (Å²) in [7, 11) is 0. The van der Waals surface area contributed by atoms with E-state index in [0.29, 0.717) is 6.54 Å². The molecule has 4 rings (SSSR count). The molecule has 4 heterocycles. The van der Waals surface area contributed by atoms with Crippen molar-refractivity contribution in [1.82, 2.24) is 29.5 Å². The standard InChI is InChI=1S/C19H27N7O/c1-15-11-16(2)26(22-15)18-12-17(20-14-21-18)24-9-7-23(8-10-24)13-19(27)25-5-3-4-6-25/h11-12,14H,3-10,13H2,1-2H3. The number of amides is 1. The topological polar surface area (TPSA) is 70.4 Å². The van der Waals surface area contributed by atoms with Crippen LogP contribution in [0.15, 0.2) is 18.5 Å². The molecule has 2 saturated heterocycles. The lowest BCUT2D eigenvalue weighted by Gasteiger charge is -2.35. The molecule has 0 unspecified atom stereocenters. The summed E-state index contributed by atoms with van der Waals surface area (Å²) in [5.41, 5.74) is 2.03. The van der Waals surface area contributed by atoms with Gasteiger partial charge in [0, 0.05) is 51.0 Å². The maximum absolute atomic E-state index is 12.3. The smallest absolute Gasteiger partial charge is 0.236 e. The van der Waals surface area contributed by atoms with Gasteiger partial charge < -0.3 is 9.80 Å². The molecular weight excluding hydrogens is 342 g/mol. The largest absolute Gasteiger partial charge is 0.354 e. The lowest BCUT2D eigenvalue weighted by molar-refractivity contribution is -0.131. The van der Waals surface area contributed by atoms with Crippen LogP contribution in [0.4, 0.5) is 5.82 Å². The molecule has 2 aliphatic heterocycles. The third kappa shape index (κ3) is 3.95. The van der Waals surface area contributed by atoms with Crippen molar-refractivity contribution in [2.75, 3.05) is 50.7 Å². The van der Waals surface area contributed by atoms with Crippen LogP contribution in [-0.2, 0) is 4.79 Å². The molecule has 8 nitrogen and oxygen atoms in total. The van der Waals surface area contributed by atoms with E-state index < -0.39 is 0 Å². The fourth-order valence-corrected chi connectivity index (χ4v) is 3.88. The molecule has 2 aromatic rings. The Balaban J connectivity index is 1.37. The van der Waals surface area contributed by atoms with Crippen LogP contribution < -0.4 is 4.90 Å². The highest BCUT2D eigenvalue weighted by Gasteiger charge is 2.24. The number of aromatic nitrogens is 4. The van der Waals surface area contributed by atoms with Crippen molar-refractivity contribution in [3.05, 3.63) is 29.8 Å². The monoisotopic (exact) mass is 369 g/mol. The van der Waals surface area contributed by atoms with Crippen molar-refractivity contribution in [2.24, 2.45) is 0 Å². The maximum atomic E-state index is 12.3. The summed E-state index contributed by atoms with van der Waals surface area (Å²) in [6, 6.07) is 4.03. The second-order valence-corrected chi connectivity index (χ2v) is 7.42. The van der Waals surface area contributed by atoms with Gasteiger partial charge in [-0.05, 0) is 32.8 Å². The molecule has 0 aromatic carbocycles. The number of anilines is 1. The van der Waals surface area contributed by atoms with Crippen LogP contribution in [0.5, 0.6) is 0 Å². The van der Waals surface area contributed by atoms with Crippen molar-refractivity contribution >= 4 is 11.7 Å². The lowest BCUT2D eigenvalue weighted by Crippen LogP contribution is -2.50. The van der Waals surface area contributed by atoms with E-state index in [1.165, 1.54) is 0 Å². The fraction of sp³-hybridized carbons (Fsp3) is 0.579. The lowest BCUT2D eigenvalue weighted by atomic mass is 10.3. The minimum absolute atomic E-state index is 0.273. The number of carbonyl (C=O) groups is 1. The zero-order chi connectivity index (χ0) is 18.8. The Bertz CT molecular complexity index is 804. The Morgan fingerprint density at radius 1 is 0.963 bits per heavy atom. The molecule has 1 amide bonds. The summed E-state index contributed by atoms with van der Waals surface area (Å²) in [5, 5.41) is 4.51. The molecular formula is C19H27N7O. The number of hydrogen-bond acceptors (Lipinski definition) is 6. The molecule has 0 atom stereocenters.